The predicted octanol–water partition coefficient (Wildman–Crippen LogP) is 2.96. The van der Waals surface area contributed by atoms with Crippen molar-refractivity contribution in [2.75, 3.05) is 0 Å². The van der Waals surface area contributed by atoms with Gasteiger partial charge in [-0.25, -0.2) is 0 Å². The average molecular weight is 365 g/mol. The number of nitro groups is 1. The maximum Gasteiger partial charge on any atom is 0.269 e. The molecule has 9 nitrogen and oxygen atoms in total. The van der Waals surface area contributed by atoms with E-state index < -0.39 is 39.5 Å². The molecule has 9 heteroatoms. The van der Waals surface area contributed by atoms with Crippen LogP contribution in [0.1, 0.15) is 31.9 Å². The van der Waals surface area contributed by atoms with E-state index in [4.69, 9.17) is 14.9 Å². The molecule has 0 aliphatic carbocycles. The number of rotatable bonds is 3. The van der Waals surface area contributed by atoms with Crippen LogP contribution in [0.5, 0.6) is 0 Å². The maximum atomic E-state index is 10.9. The Labute approximate surface area is 155 Å². The van der Waals surface area contributed by atoms with Crippen molar-refractivity contribution in [3.63, 3.8) is 0 Å². The molecule has 3 rings (SSSR count). The summed E-state index contributed by atoms with van der Waals surface area (Å²) in [4.78, 5) is 10.3. The first-order chi connectivity index (χ1) is 12.8. The lowest BCUT2D eigenvalue weighted by Gasteiger charge is -2.48. The zero-order valence-corrected chi connectivity index (χ0v) is 14.6. The summed E-state index contributed by atoms with van der Waals surface area (Å²) in [5.74, 6) is -2.54. The Kier molecular flexibility index (Phi) is 3.91. The topological polar surface area (TPSA) is 157 Å². The van der Waals surface area contributed by atoms with Crippen molar-refractivity contribution >= 4 is 11.6 Å². The third kappa shape index (κ3) is 1.96. The van der Waals surface area contributed by atoms with E-state index in [1.165, 1.54) is 24.3 Å². The number of nitrogens with zero attached hydrogens (tertiary/aromatic N) is 4. The van der Waals surface area contributed by atoms with Crippen LogP contribution in [0.25, 0.3) is 0 Å². The number of benzene rings is 1. The predicted molar refractivity (Wildman–Crippen MR) is 89.6 cm³/mol. The summed E-state index contributed by atoms with van der Waals surface area (Å²) < 4.78 is 11.7. The second-order valence-corrected chi connectivity index (χ2v) is 6.62. The largest absolute Gasteiger partial charge is 0.447 e. The van der Waals surface area contributed by atoms with Gasteiger partial charge in [0.25, 0.3) is 5.69 Å². The minimum atomic E-state index is -2.05. The van der Waals surface area contributed by atoms with E-state index in [1.54, 1.807) is 13.8 Å². The van der Waals surface area contributed by atoms with Crippen LogP contribution < -0.4 is 0 Å². The standard InChI is InChI=1S/C18H15N5O4/c1-3-18-11(2)17(10-21,15(22)27-18)16(8-19,9-20)14(26-18)12-4-6-13(7-5-12)23(24)25/h4-7,11,14,22H,3H2,1-2H3/t11-,14-,17-,18-/m1/s1. The molecule has 2 heterocycles. The first-order valence-corrected chi connectivity index (χ1v) is 8.22. The lowest BCUT2D eigenvalue weighted by Crippen LogP contribution is -2.58. The highest BCUT2D eigenvalue weighted by Crippen LogP contribution is 2.66. The van der Waals surface area contributed by atoms with Gasteiger partial charge in [0.1, 0.15) is 6.10 Å². The Morgan fingerprint density at radius 2 is 1.81 bits per heavy atom. The molecular formula is C18H15N5O4. The van der Waals surface area contributed by atoms with Crippen molar-refractivity contribution in [3.05, 3.63) is 39.9 Å². The van der Waals surface area contributed by atoms with E-state index in [0.29, 0.717) is 5.56 Å². The summed E-state index contributed by atoms with van der Waals surface area (Å²) >= 11 is 0. The number of fused-ring (bicyclic) bond motifs is 2. The molecule has 0 unspecified atom stereocenters. The van der Waals surface area contributed by atoms with Gasteiger partial charge in [0.2, 0.25) is 17.1 Å². The molecule has 2 aliphatic heterocycles. The summed E-state index contributed by atoms with van der Waals surface area (Å²) in [5.41, 5.74) is -3.71. The number of nitrogens with one attached hydrogen (secondary N) is 1. The third-order valence-electron chi connectivity index (χ3n) is 5.70. The molecule has 4 atom stereocenters. The summed E-state index contributed by atoms with van der Waals surface area (Å²) in [6.07, 6.45) is -0.928. The van der Waals surface area contributed by atoms with Gasteiger partial charge in [-0.3, -0.25) is 15.5 Å². The van der Waals surface area contributed by atoms with E-state index in [1.807, 2.05) is 18.2 Å². The number of non-ortho nitro benzene ring substituents is 1. The van der Waals surface area contributed by atoms with E-state index in [2.05, 4.69) is 0 Å². The summed E-state index contributed by atoms with van der Waals surface area (Å²) in [5, 5.41) is 49.1. The molecule has 0 spiro atoms. The van der Waals surface area contributed by atoms with Crippen molar-refractivity contribution in [3.8, 4) is 18.2 Å². The molecule has 0 saturated carbocycles. The molecule has 27 heavy (non-hydrogen) atoms. The SMILES string of the molecule is CC[C@@]12OC(=N)[C@@](C#N)([C@H]1C)C(C#N)(C#N)[C@@H](c1ccc([N+](=O)[O-])cc1)O2. The molecule has 0 aromatic heterocycles. The summed E-state index contributed by atoms with van der Waals surface area (Å²) in [6, 6.07) is 11.1. The zero-order chi connectivity index (χ0) is 20.0. The van der Waals surface area contributed by atoms with Gasteiger partial charge in [0.05, 0.1) is 29.0 Å². The highest BCUT2D eigenvalue weighted by atomic mass is 16.7. The Balaban J connectivity index is 2.27. The molecule has 1 aromatic rings. The van der Waals surface area contributed by atoms with Crippen LogP contribution in [0.2, 0.25) is 0 Å². The fourth-order valence-corrected chi connectivity index (χ4v) is 4.11. The van der Waals surface area contributed by atoms with Crippen molar-refractivity contribution in [1.29, 1.82) is 21.2 Å². The minimum Gasteiger partial charge on any atom is -0.447 e. The van der Waals surface area contributed by atoms with Crippen LogP contribution in [0.15, 0.2) is 24.3 Å². The Morgan fingerprint density at radius 1 is 1.22 bits per heavy atom. The average Bonchev–Trinajstić information content (AvgIpc) is 2.84. The molecular weight excluding hydrogens is 350 g/mol. The normalized spacial score (nSPS) is 33.2. The molecule has 2 fully saturated rings. The maximum absolute atomic E-state index is 10.9. The fraction of sp³-hybridized carbons (Fsp3) is 0.444. The Morgan fingerprint density at radius 3 is 2.26 bits per heavy atom. The van der Waals surface area contributed by atoms with Gasteiger partial charge in [0.15, 0.2) is 5.41 Å². The highest BCUT2D eigenvalue weighted by Gasteiger charge is 2.78. The number of nitriles is 3. The van der Waals surface area contributed by atoms with Crippen LogP contribution in [-0.2, 0) is 9.47 Å². The van der Waals surface area contributed by atoms with Gasteiger partial charge in [-0.1, -0.05) is 13.8 Å². The first-order valence-electron chi connectivity index (χ1n) is 8.22. The molecule has 0 radical (unpaired) electrons. The zero-order valence-electron chi connectivity index (χ0n) is 14.6. The van der Waals surface area contributed by atoms with Crippen molar-refractivity contribution in [2.45, 2.75) is 32.2 Å². The van der Waals surface area contributed by atoms with Crippen molar-refractivity contribution < 1.29 is 14.4 Å². The van der Waals surface area contributed by atoms with Crippen LogP contribution in [0.3, 0.4) is 0 Å². The Hall–Kier alpha value is -3.48. The molecule has 1 N–H and O–H groups in total. The molecule has 136 valence electrons. The first kappa shape index (κ1) is 18.3. The lowest BCUT2D eigenvalue weighted by atomic mass is 9.53. The monoisotopic (exact) mass is 365 g/mol. The highest BCUT2D eigenvalue weighted by molar-refractivity contribution is 5.89. The fourth-order valence-electron chi connectivity index (χ4n) is 4.11. The summed E-state index contributed by atoms with van der Waals surface area (Å²) in [6.45, 7) is 3.39. The van der Waals surface area contributed by atoms with Crippen LogP contribution in [0.4, 0.5) is 5.69 Å². The number of nitro benzene ring substituents is 1. The molecule has 0 amide bonds. The quantitative estimate of drug-likeness (QED) is 0.637. The van der Waals surface area contributed by atoms with E-state index in [0.717, 1.165) is 0 Å². The van der Waals surface area contributed by atoms with E-state index >= 15 is 0 Å². The molecule has 2 saturated heterocycles. The van der Waals surface area contributed by atoms with Gasteiger partial charge in [-0.15, -0.1) is 0 Å². The van der Waals surface area contributed by atoms with E-state index in [9.17, 15) is 25.9 Å². The second-order valence-electron chi connectivity index (χ2n) is 6.62. The van der Waals surface area contributed by atoms with Crippen LogP contribution >= 0.6 is 0 Å². The number of hydrogen-bond acceptors (Lipinski definition) is 8. The van der Waals surface area contributed by atoms with Crippen molar-refractivity contribution in [2.24, 2.45) is 16.7 Å². The van der Waals surface area contributed by atoms with Gasteiger partial charge in [0, 0.05) is 18.6 Å². The second kappa shape index (κ2) is 5.77. The summed E-state index contributed by atoms with van der Waals surface area (Å²) in [7, 11) is 0. The molecule has 1 aromatic carbocycles. The lowest BCUT2D eigenvalue weighted by molar-refractivity contribution is -0.384. The number of ether oxygens (including phenoxy) is 2. The third-order valence-corrected chi connectivity index (χ3v) is 5.70. The van der Waals surface area contributed by atoms with Gasteiger partial charge >= 0.3 is 0 Å². The van der Waals surface area contributed by atoms with Gasteiger partial charge < -0.3 is 9.47 Å². The van der Waals surface area contributed by atoms with Crippen molar-refractivity contribution in [1.82, 2.24) is 0 Å². The minimum absolute atomic E-state index is 0.158. The number of hydrogen-bond donors (Lipinski definition) is 1. The Bertz CT molecular complexity index is 940. The van der Waals surface area contributed by atoms with Gasteiger partial charge in [-0.2, -0.15) is 15.8 Å². The van der Waals surface area contributed by atoms with Gasteiger partial charge in [-0.05, 0) is 17.7 Å². The van der Waals surface area contributed by atoms with Crippen LogP contribution in [-0.4, -0.2) is 16.6 Å². The smallest absolute Gasteiger partial charge is 0.269 e. The van der Waals surface area contributed by atoms with Crippen LogP contribution in [0, 0.1) is 66.3 Å². The molecule has 2 bridgehead atoms. The molecule has 2 aliphatic rings. The van der Waals surface area contributed by atoms with E-state index in [-0.39, 0.29) is 12.1 Å².